The van der Waals surface area contributed by atoms with Crippen molar-refractivity contribution in [1.82, 2.24) is 0 Å². The molecule has 0 aliphatic carbocycles. The third-order valence-corrected chi connectivity index (χ3v) is 3.24. The van der Waals surface area contributed by atoms with Crippen LogP contribution in [0.3, 0.4) is 0 Å². The van der Waals surface area contributed by atoms with E-state index in [1.807, 2.05) is 42.1 Å². The van der Waals surface area contributed by atoms with E-state index in [0.717, 1.165) is 22.3 Å². The summed E-state index contributed by atoms with van der Waals surface area (Å²) in [6.45, 7) is 0. The van der Waals surface area contributed by atoms with Crippen molar-refractivity contribution in [1.29, 1.82) is 0 Å². The van der Waals surface area contributed by atoms with Crippen LogP contribution in [0.4, 0.5) is 0 Å². The van der Waals surface area contributed by atoms with Gasteiger partial charge in [-0.1, -0.05) is 23.7 Å². The summed E-state index contributed by atoms with van der Waals surface area (Å²) in [7, 11) is 0. The Morgan fingerprint density at radius 3 is 2.80 bits per heavy atom. The normalized spacial score (nSPS) is 10.5. The minimum Gasteiger partial charge on any atom is -0.468 e. The molecule has 0 saturated heterocycles. The van der Waals surface area contributed by atoms with Crippen LogP contribution < -0.4 is 0 Å². The third kappa shape index (κ3) is 3.33. The highest BCUT2D eigenvalue weighted by molar-refractivity contribution is 7.97. The molecule has 78 valence electrons. The quantitative estimate of drug-likeness (QED) is 0.785. The molecule has 1 nitrogen and oxygen atoms in total. The van der Waals surface area contributed by atoms with Gasteiger partial charge in [-0.05, 0) is 29.8 Å². The molecular weight excluding hydrogens is 228 g/mol. The molecule has 2 rings (SSSR count). The van der Waals surface area contributed by atoms with Gasteiger partial charge >= 0.3 is 0 Å². The maximum atomic E-state index is 5.90. The zero-order valence-corrected chi connectivity index (χ0v) is 9.72. The average molecular weight is 239 g/mol. The van der Waals surface area contributed by atoms with Gasteiger partial charge in [-0.2, -0.15) is 0 Å². The molecular formula is C12H11ClOS. The molecule has 0 bridgehead atoms. The fraction of sp³-hybridized carbons (Fsp3) is 0.167. The van der Waals surface area contributed by atoms with E-state index in [1.165, 1.54) is 5.56 Å². The highest BCUT2D eigenvalue weighted by Crippen LogP contribution is 2.20. The second-order valence-corrected chi connectivity index (χ2v) is 4.62. The Balaban J connectivity index is 1.83. The third-order valence-electron chi connectivity index (χ3n) is 1.98. The lowest BCUT2D eigenvalue weighted by Gasteiger charge is -2.00. The molecule has 0 amide bonds. The maximum absolute atomic E-state index is 5.90. The van der Waals surface area contributed by atoms with Crippen LogP contribution in [-0.4, -0.2) is 0 Å². The van der Waals surface area contributed by atoms with Gasteiger partial charge in [0.05, 0.1) is 12.0 Å². The molecule has 2 aromatic rings. The molecule has 15 heavy (non-hydrogen) atoms. The number of benzene rings is 1. The topological polar surface area (TPSA) is 13.1 Å². The number of rotatable bonds is 4. The highest BCUT2D eigenvalue weighted by Gasteiger charge is 1.98. The van der Waals surface area contributed by atoms with Crippen LogP contribution in [-0.2, 0) is 11.5 Å². The molecule has 0 aliphatic rings. The van der Waals surface area contributed by atoms with Crippen LogP contribution in [0.1, 0.15) is 11.3 Å². The van der Waals surface area contributed by atoms with E-state index in [1.54, 1.807) is 6.26 Å². The summed E-state index contributed by atoms with van der Waals surface area (Å²) >= 11 is 7.72. The van der Waals surface area contributed by atoms with Gasteiger partial charge in [-0.3, -0.25) is 0 Å². The molecule has 3 heteroatoms. The highest BCUT2D eigenvalue weighted by atomic mass is 35.5. The van der Waals surface area contributed by atoms with Gasteiger partial charge in [-0.25, -0.2) is 0 Å². The predicted molar refractivity (Wildman–Crippen MR) is 65.2 cm³/mol. The molecule has 0 radical (unpaired) electrons. The molecule has 0 spiro atoms. The van der Waals surface area contributed by atoms with Crippen LogP contribution >= 0.6 is 23.4 Å². The first-order valence-corrected chi connectivity index (χ1v) is 6.22. The number of thioether (sulfide) groups is 1. The molecule has 1 heterocycles. The Kier molecular flexibility index (Phi) is 3.75. The van der Waals surface area contributed by atoms with E-state index in [9.17, 15) is 0 Å². The summed E-state index contributed by atoms with van der Waals surface area (Å²) in [5, 5.41) is 0.797. The zero-order valence-electron chi connectivity index (χ0n) is 8.15. The van der Waals surface area contributed by atoms with Gasteiger partial charge in [0.2, 0.25) is 0 Å². The van der Waals surface area contributed by atoms with Gasteiger partial charge in [0.25, 0.3) is 0 Å². The fourth-order valence-electron chi connectivity index (χ4n) is 1.29. The minimum absolute atomic E-state index is 0.797. The van der Waals surface area contributed by atoms with Crippen LogP contribution in [0, 0.1) is 0 Å². The standard InChI is InChI=1S/C12H11ClOS/c13-11-4-1-3-10(7-11)8-15-9-12-5-2-6-14-12/h1-7H,8-9H2. The minimum atomic E-state index is 0.797. The van der Waals surface area contributed by atoms with Crippen molar-refractivity contribution >= 4 is 23.4 Å². The van der Waals surface area contributed by atoms with Gasteiger partial charge in [0.1, 0.15) is 5.76 Å². The van der Waals surface area contributed by atoms with Crippen molar-refractivity contribution in [2.45, 2.75) is 11.5 Å². The lowest BCUT2D eigenvalue weighted by Crippen LogP contribution is -1.81. The zero-order chi connectivity index (χ0) is 10.5. The van der Waals surface area contributed by atoms with Crippen LogP contribution in [0.15, 0.2) is 47.1 Å². The van der Waals surface area contributed by atoms with E-state index >= 15 is 0 Å². The Bertz CT molecular complexity index is 411. The van der Waals surface area contributed by atoms with Gasteiger partial charge in [0.15, 0.2) is 0 Å². The van der Waals surface area contributed by atoms with E-state index in [4.69, 9.17) is 16.0 Å². The number of hydrogen-bond donors (Lipinski definition) is 0. The first kappa shape index (κ1) is 10.7. The average Bonchev–Trinajstić information content (AvgIpc) is 2.71. The van der Waals surface area contributed by atoms with Crippen molar-refractivity contribution in [3.8, 4) is 0 Å². The van der Waals surface area contributed by atoms with Crippen LogP contribution in [0.25, 0.3) is 0 Å². The Morgan fingerprint density at radius 2 is 2.07 bits per heavy atom. The van der Waals surface area contributed by atoms with Crippen LogP contribution in [0.2, 0.25) is 5.02 Å². The van der Waals surface area contributed by atoms with Crippen molar-refractivity contribution in [2.75, 3.05) is 0 Å². The smallest absolute Gasteiger partial charge is 0.113 e. The van der Waals surface area contributed by atoms with E-state index in [-0.39, 0.29) is 0 Å². The summed E-state index contributed by atoms with van der Waals surface area (Å²) in [5.41, 5.74) is 1.25. The SMILES string of the molecule is Clc1cccc(CSCc2ccco2)c1. The Labute approximate surface area is 98.4 Å². The van der Waals surface area contributed by atoms with Crippen molar-refractivity contribution in [2.24, 2.45) is 0 Å². The van der Waals surface area contributed by atoms with Crippen molar-refractivity contribution in [3.63, 3.8) is 0 Å². The van der Waals surface area contributed by atoms with E-state index < -0.39 is 0 Å². The second kappa shape index (κ2) is 5.29. The first-order chi connectivity index (χ1) is 7.34. The van der Waals surface area contributed by atoms with Gasteiger partial charge < -0.3 is 4.42 Å². The summed E-state index contributed by atoms with van der Waals surface area (Å²) in [6, 6.07) is 11.9. The number of furan rings is 1. The summed E-state index contributed by atoms with van der Waals surface area (Å²) in [4.78, 5) is 0. The lowest BCUT2D eigenvalue weighted by molar-refractivity contribution is 0.530. The second-order valence-electron chi connectivity index (χ2n) is 3.20. The Morgan fingerprint density at radius 1 is 1.13 bits per heavy atom. The first-order valence-electron chi connectivity index (χ1n) is 4.69. The molecule has 0 fully saturated rings. The number of hydrogen-bond acceptors (Lipinski definition) is 2. The molecule has 1 aromatic heterocycles. The van der Waals surface area contributed by atoms with Crippen molar-refractivity contribution in [3.05, 3.63) is 59.0 Å². The van der Waals surface area contributed by atoms with Crippen molar-refractivity contribution < 1.29 is 4.42 Å². The summed E-state index contributed by atoms with van der Waals surface area (Å²) in [5.74, 6) is 2.88. The lowest BCUT2D eigenvalue weighted by atomic mass is 10.2. The van der Waals surface area contributed by atoms with Gasteiger partial charge in [0, 0.05) is 10.8 Å². The van der Waals surface area contributed by atoms with E-state index in [0.29, 0.717) is 0 Å². The molecule has 0 atom stereocenters. The molecule has 0 N–H and O–H groups in total. The number of halogens is 1. The summed E-state index contributed by atoms with van der Waals surface area (Å²) < 4.78 is 5.25. The van der Waals surface area contributed by atoms with E-state index in [2.05, 4.69) is 6.07 Å². The van der Waals surface area contributed by atoms with Crippen LogP contribution in [0.5, 0.6) is 0 Å². The molecule has 1 aromatic carbocycles. The monoisotopic (exact) mass is 238 g/mol. The molecule has 0 aliphatic heterocycles. The van der Waals surface area contributed by atoms with Gasteiger partial charge in [-0.15, -0.1) is 11.8 Å². The molecule has 0 saturated carbocycles. The Hall–Kier alpha value is -0.860. The summed E-state index contributed by atoms with van der Waals surface area (Å²) in [6.07, 6.45) is 1.70. The molecule has 0 unspecified atom stereocenters. The largest absolute Gasteiger partial charge is 0.468 e. The fourth-order valence-corrected chi connectivity index (χ4v) is 2.39. The maximum Gasteiger partial charge on any atom is 0.113 e. The predicted octanol–water partition coefficient (Wildman–Crippen LogP) is 4.37.